The van der Waals surface area contributed by atoms with Gasteiger partial charge in [-0.15, -0.1) is 11.3 Å². The molecule has 0 saturated carbocycles. The van der Waals surface area contributed by atoms with Gasteiger partial charge >= 0.3 is 0 Å². The van der Waals surface area contributed by atoms with E-state index in [-0.39, 0.29) is 0 Å². The van der Waals surface area contributed by atoms with Crippen molar-refractivity contribution in [2.45, 2.75) is 13.8 Å². The first-order valence-corrected chi connectivity index (χ1v) is 6.78. The molecule has 0 fully saturated rings. The molecule has 0 atom stereocenters. The molecule has 0 saturated heterocycles. The Kier molecular flexibility index (Phi) is 4.33. The van der Waals surface area contributed by atoms with Gasteiger partial charge in [-0.2, -0.15) is 0 Å². The van der Waals surface area contributed by atoms with Gasteiger partial charge in [-0.1, -0.05) is 0 Å². The third-order valence-electron chi connectivity index (χ3n) is 2.75. The molecule has 1 heterocycles. The Labute approximate surface area is 111 Å². The number of aryl methyl sites for hydroxylation is 2. The topological polar surface area (TPSA) is 31.4 Å². The minimum Gasteiger partial charge on any atom is -0.491 e. The van der Waals surface area contributed by atoms with Crippen molar-refractivity contribution < 1.29 is 9.47 Å². The van der Waals surface area contributed by atoms with E-state index >= 15 is 0 Å². The first-order chi connectivity index (χ1) is 8.72. The lowest BCUT2D eigenvalue weighted by Gasteiger charge is -2.12. The highest BCUT2D eigenvalue weighted by molar-refractivity contribution is 7.07. The van der Waals surface area contributed by atoms with Gasteiger partial charge in [0, 0.05) is 18.1 Å². The van der Waals surface area contributed by atoms with Crippen molar-refractivity contribution in [3.05, 3.63) is 34.2 Å². The molecule has 0 bridgehead atoms. The van der Waals surface area contributed by atoms with Gasteiger partial charge in [-0.05, 0) is 37.1 Å². The molecule has 0 N–H and O–H groups in total. The zero-order chi connectivity index (χ0) is 13.0. The van der Waals surface area contributed by atoms with Crippen LogP contribution in [0.3, 0.4) is 0 Å². The first-order valence-electron chi connectivity index (χ1n) is 5.84. The Balaban J connectivity index is 2.24. The number of ether oxygens (including phenoxy) is 2. The lowest BCUT2D eigenvalue weighted by atomic mass is 10.0. The quantitative estimate of drug-likeness (QED) is 0.774. The third-order valence-corrected chi connectivity index (χ3v) is 3.34. The summed E-state index contributed by atoms with van der Waals surface area (Å²) in [6.07, 6.45) is 0. The van der Waals surface area contributed by atoms with Crippen LogP contribution in [0.2, 0.25) is 0 Å². The van der Waals surface area contributed by atoms with Gasteiger partial charge in [0.1, 0.15) is 12.4 Å². The average molecular weight is 263 g/mol. The van der Waals surface area contributed by atoms with Crippen LogP contribution < -0.4 is 4.74 Å². The zero-order valence-electron chi connectivity index (χ0n) is 10.9. The van der Waals surface area contributed by atoms with Gasteiger partial charge in [-0.25, -0.2) is 4.98 Å². The second-order valence-electron chi connectivity index (χ2n) is 4.15. The van der Waals surface area contributed by atoms with Gasteiger partial charge in [0.15, 0.2) is 0 Å². The number of aromatic nitrogens is 1. The maximum absolute atomic E-state index is 5.64. The molecule has 0 amide bonds. The number of nitrogens with zero attached hydrogens (tertiary/aromatic N) is 1. The van der Waals surface area contributed by atoms with Crippen molar-refractivity contribution in [1.29, 1.82) is 0 Å². The van der Waals surface area contributed by atoms with E-state index in [1.807, 2.05) is 5.51 Å². The monoisotopic (exact) mass is 263 g/mol. The summed E-state index contributed by atoms with van der Waals surface area (Å²) in [6.45, 7) is 5.35. The van der Waals surface area contributed by atoms with Gasteiger partial charge in [0.25, 0.3) is 0 Å². The van der Waals surface area contributed by atoms with E-state index in [0.717, 1.165) is 11.4 Å². The highest BCUT2D eigenvalue weighted by Gasteiger charge is 2.09. The summed E-state index contributed by atoms with van der Waals surface area (Å²) in [7, 11) is 1.67. The minimum absolute atomic E-state index is 0.575. The summed E-state index contributed by atoms with van der Waals surface area (Å²) in [6, 6.07) is 4.11. The Bertz CT molecular complexity index is 486. The molecule has 1 aromatic heterocycles. The Morgan fingerprint density at radius 3 is 2.44 bits per heavy atom. The molecule has 0 aliphatic carbocycles. The fourth-order valence-corrected chi connectivity index (χ4v) is 2.53. The number of methoxy groups -OCH3 is 1. The van der Waals surface area contributed by atoms with Crippen LogP contribution in [0.5, 0.6) is 5.75 Å². The van der Waals surface area contributed by atoms with Crippen LogP contribution in [0.25, 0.3) is 11.3 Å². The van der Waals surface area contributed by atoms with E-state index in [1.54, 1.807) is 18.4 Å². The predicted molar refractivity (Wildman–Crippen MR) is 74.4 cm³/mol. The summed E-state index contributed by atoms with van der Waals surface area (Å²) in [4.78, 5) is 4.37. The first kappa shape index (κ1) is 13.1. The lowest BCUT2D eigenvalue weighted by molar-refractivity contribution is 0.146. The van der Waals surface area contributed by atoms with Crippen LogP contribution in [-0.2, 0) is 4.74 Å². The molecule has 0 unspecified atom stereocenters. The molecule has 1 aromatic carbocycles. The maximum atomic E-state index is 5.64. The third kappa shape index (κ3) is 2.89. The van der Waals surface area contributed by atoms with E-state index in [2.05, 4.69) is 36.3 Å². The Hall–Kier alpha value is -1.39. The van der Waals surface area contributed by atoms with Crippen molar-refractivity contribution in [1.82, 2.24) is 4.98 Å². The van der Waals surface area contributed by atoms with E-state index in [9.17, 15) is 0 Å². The van der Waals surface area contributed by atoms with Crippen LogP contribution in [0.1, 0.15) is 11.1 Å². The van der Waals surface area contributed by atoms with Crippen LogP contribution >= 0.6 is 11.3 Å². The van der Waals surface area contributed by atoms with Crippen molar-refractivity contribution in [3.8, 4) is 17.0 Å². The number of rotatable bonds is 5. The summed E-state index contributed by atoms with van der Waals surface area (Å²) in [5.41, 5.74) is 6.48. The van der Waals surface area contributed by atoms with Crippen LogP contribution in [0, 0.1) is 13.8 Å². The highest BCUT2D eigenvalue weighted by Crippen LogP contribution is 2.30. The summed E-state index contributed by atoms with van der Waals surface area (Å²) in [5, 5.41) is 2.07. The Morgan fingerprint density at radius 2 is 1.89 bits per heavy atom. The smallest absolute Gasteiger partial charge is 0.119 e. The van der Waals surface area contributed by atoms with Gasteiger partial charge in [-0.3, -0.25) is 0 Å². The number of benzene rings is 1. The molecule has 0 aliphatic rings. The van der Waals surface area contributed by atoms with Crippen LogP contribution in [0.15, 0.2) is 23.0 Å². The Morgan fingerprint density at radius 1 is 1.17 bits per heavy atom. The van der Waals surface area contributed by atoms with Crippen LogP contribution in [0.4, 0.5) is 0 Å². The van der Waals surface area contributed by atoms with Crippen molar-refractivity contribution >= 4 is 11.3 Å². The van der Waals surface area contributed by atoms with Gasteiger partial charge in [0.05, 0.1) is 17.8 Å². The SMILES string of the molecule is COCCOc1cc(C)c(-c2cscn2)c(C)c1. The molecule has 2 aromatic rings. The number of hydrogen-bond donors (Lipinski definition) is 0. The van der Waals surface area contributed by atoms with E-state index in [0.29, 0.717) is 13.2 Å². The molecule has 0 radical (unpaired) electrons. The van der Waals surface area contributed by atoms with E-state index in [4.69, 9.17) is 9.47 Å². The zero-order valence-corrected chi connectivity index (χ0v) is 11.7. The normalized spacial score (nSPS) is 10.6. The second kappa shape index (κ2) is 5.98. The van der Waals surface area contributed by atoms with E-state index in [1.165, 1.54) is 16.7 Å². The molecule has 0 aliphatic heterocycles. The van der Waals surface area contributed by atoms with Crippen molar-refractivity contribution in [2.24, 2.45) is 0 Å². The van der Waals surface area contributed by atoms with Crippen LogP contribution in [-0.4, -0.2) is 25.3 Å². The fourth-order valence-electron chi connectivity index (χ4n) is 1.99. The number of hydrogen-bond acceptors (Lipinski definition) is 4. The molecular weight excluding hydrogens is 246 g/mol. The number of thiazole rings is 1. The molecule has 96 valence electrons. The fraction of sp³-hybridized carbons (Fsp3) is 0.357. The molecule has 3 nitrogen and oxygen atoms in total. The lowest BCUT2D eigenvalue weighted by Crippen LogP contribution is -2.04. The van der Waals surface area contributed by atoms with Gasteiger partial charge < -0.3 is 9.47 Å². The average Bonchev–Trinajstić information content (AvgIpc) is 2.82. The largest absolute Gasteiger partial charge is 0.491 e. The van der Waals surface area contributed by atoms with Crippen molar-refractivity contribution in [3.63, 3.8) is 0 Å². The molecular formula is C14H17NO2S. The molecule has 4 heteroatoms. The standard InChI is InChI=1S/C14H17NO2S/c1-10-6-12(17-5-4-16-3)7-11(2)14(10)13-8-18-9-15-13/h6-9H,4-5H2,1-3H3. The van der Waals surface area contributed by atoms with Crippen molar-refractivity contribution in [2.75, 3.05) is 20.3 Å². The highest BCUT2D eigenvalue weighted by atomic mass is 32.1. The molecule has 18 heavy (non-hydrogen) atoms. The summed E-state index contributed by atoms with van der Waals surface area (Å²) < 4.78 is 10.6. The summed E-state index contributed by atoms with van der Waals surface area (Å²) in [5.74, 6) is 0.890. The predicted octanol–water partition coefficient (Wildman–Crippen LogP) is 3.45. The second-order valence-corrected chi connectivity index (χ2v) is 4.87. The molecule has 2 rings (SSSR count). The van der Waals surface area contributed by atoms with Gasteiger partial charge in [0.2, 0.25) is 0 Å². The maximum Gasteiger partial charge on any atom is 0.119 e. The molecule has 0 spiro atoms. The van der Waals surface area contributed by atoms with E-state index < -0.39 is 0 Å². The summed E-state index contributed by atoms with van der Waals surface area (Å²) >= 11 is 1.61. The minimum atomic E-state index is 0.575.